The molecule has 1 heterocycles. The molecule has 128 valence electrons. The molecule has 0 spiro atoms. The van der Waals surface area contributed by atoms with Crippen LogP contribution in [0.15, 0.2) is 54.9 Å². The van der Waals surface area contributed by atoms with Crippen LogP contribution in [0.2, 0.25) is 0 Å². The predicted octanol–water partition coefficient (Wildman–Crippen LogP) is 4.24. The third kappa shape index (κ3) is 3.63. The van der Waals surface area contributed by atoms with Gasteiger partial charge in [0.25, 0.3) is 0 Å². The quantitative estimate of drug-likeness (QED) is 0.732. The van der Waals surface area contributed by atoms with Gasteiger partial charge in [-0.15, -0.1) is 0 Å². The number of fused-ring (bicyclic) bond motifs is 1. The maximum atomic E-state index is 11.1. The molecular formula is C21H21NO3. The van der Waals surface area contributed by atoms with E-state index >= 15 is 0 Å². The number of ether oxygens (including phenoxy) is 1. The number of hydrogen-bond acceptors (Lipinski definition) is 3. The molecule has 0 radical (unpaired) electrons. The van der Waals surface area contributed by atoms with Gasteiger partial charge < -0.3 is 9.84 Å². The van der Waals surface area contributed by atoms with Crippen LogP contribution >= 0.6 is 0 Å². The second kappa shape index (κ2) is 7.34. The highest BCUT2D eigenvalue weighted by atomic mass is 16.5. The average molecular weight is 335 g/mol. The fourth-order valence-corrected chi connectivity index (χ4v) is 2.99. The zero-order valence-electron chi connectivity index (χ0n) is 14.4. The van der Waals surface area contributed by atoms with Gasteiger partial charge in [0, 0.05) is 24.4 Å². The van der Waals surface area contributed by atoms with Crippen molar-refractivity contribution in [1.29, 1.82) is 0 Å². The van der Waals surface area contributed by atoms with Crippen LogP contribution in [-0.2, 0) is 17.6 Å². The van der Waals surface area contributed by atoms with Crippen molar-refractivity contribution >= 4 is 16.7 Å². The molecular weight excluding hydrogens is 314 g/mol. The molecule has 3 rings (SSSR count). The summed E-state index contributed by atoms with van der Waals surface area (Å²) in [5.41, 5.74) is 3.38. The number of hydrogen-bond donors (Lipinski definition) is 1. The van der Waals surface area contributed by atoms with Crippen LogP contribution in [0.25, 0.3) is 10.8 Å². The van der Waals surface area contributed by atoms with Crippen LogP contribution in [0.1, 0.15) is 30.5 Å². The lowest BCUT2D eigenvalue weighted by atomic mass is 9.95. The van der Waals surface area contributed by atoms with Crippen LogP contribution in [-0.4, -0.2) is 22.2 Å². The molecule has 2 aromatic carbocycles. The highest BCUT2D eigenvalue weighted by molar-refractivity contribution is 5.89. The summed E-state index contributed by atoms with van der Waals surface area (Å²) >= 11 is 0. The maximum absolute atomic E-state index is 11.1. The van der Waals surface area contributed by atoms with Gasteiger partial charge in [-0.05, 0) is 41.3 Å². The molecule has 1 N–H and O–H groups in total. The molecule has 0 fully saturated rings. The standard InChI is InChI=1S/C21H21NO3/c1-3-15-8-9-16(19-7-5-4-6-18(15)19)12-17-13-22-11-10-20(17)25-14(2)21(23)24/h4-11,13-14H,3,12H2,1-2H3,(H,23,24). The van der Waals surface area contributed by atoms with E-state index in [1.165, 1.54) is 28.8 Å². The van der Waals surface area contributed by atoms with Crippen LogP contribution in [0, 0.1) is 0 Å². The number of aryl methyl sites for hydroxylation is 1. The molecule has 0 amide bonds. The minimum Gasteiger partial charge on any atom is -0.479 e. The van der Waals surface area contributed by atoms with E-state index in [1.807, 2.05) is 6.07 Å². The van der Waals surface area contributed by atoms with Gasteiger partial charge in [0.05, 0.1) is 0 Å². The Morgan fingerprint density at radius 3 is 2.44 bits per heavy atom. The number of carboxylic acid groups (broad SMARTS) is 1. The largest absolute Gasteiger partial charge is 0.479 e. The summed E-state index contributed by atoms with van der Waals surface area (Å²) in [6.45, 7) is 3.68. The summed E-state index contributed by atoms with van der Waals surface area (Å²) in [6, 6.07) is 14.4. The van der Waals surface area contributed by atoms with Gasteiger partial charge in [0.1, 0.15) is 5.75 Å². The van der Waals surface area contributed by atoms with E-state index in [0.717, 1.165) is 12.0 Å². The molecule has 0 saturated carbocycles. The molecule has 0 bridgehead atoms. The Labute approximate surface area is 147 Å². The Hall–Kier alpha value is -2.88. The number of nitrogens with zero attached hydrogens (tertiary/aromatic N) is 1. The first kappa shape index (κ1) is 17.0. The molecule has 0 aliphatic carbocycles. The highest BCUT2D eigenvalue weighted by Crippen LogP contribution is 2.28. The molecule has 1 aromatic heterocycles. The van der Waals surface area contributed by atoms with Crippen LogP contribution < -0.4 is 4.74 Å². The highest BCUT2D eigenvalue weighted by Gasteiger charge is 2.15. The molecule has 1 atom stereocenters. The second-order valence-corrected chi connectivity index (χ2v) is 6.04. The van der Waals surface area contributed by atoms with Crippen LogP contribution in [0.5, 0.6) is 5.75 Å². The first-order valence-corrected chi connectivity index (χ1v) is 8.42. The first-order chi connectivity index (χ1) is 12.1. The van der Waals surface area contributed by atoms with E-state index in [9.17, 15) is 4.79 Å². The second-order valence-electron chi connectivity index (χ2n) is 6.04. The van der Waals surface area contributed by atoms with E-state index in [1.54, 1.807) is 18.5 Å². The molecule has 25 heavy (non-hydrogen) atoms. The predicted molar refractivity (Wildman–Crippen MR) is 98.1 cm³/mol. The fourth-order valence-electron chi connectivity index (χ4n) is 2.99. The lowest BCUT2D eigenvalue weighted by Gasteiger charge is -2.15. The molecule has 0 aliphatic heterocycles. The van der Waals surface area contributed by atoms with Crippen molar-refractivity contribution in [3.8, 4) is 5.75 Å². The minimum absolute atomic E-state index is 0.563. The summed E-state index contributed by atoms with van der Waals surface area (Å²) < 4.78 is 5.60. The number of aliphatic carboxylic acids is 1. The number of benzene rings is 2. The van der Waals surface area contributed by atoms with Gasteiger partial charge in [0.2, 0.25) is 0 Å². The Morgan fingerprint density at radius 1 is 1.08 bits per heavy atom. The summed E-state index contributed by atoms with van der Waals surface area (Å²) in [5.74, 6) is -0.422. The van der Waals surface area contributed by atoms with E-state index < -0.39 is 12.1 Å². The Morgan fingerprint density at radius 2 is 1.76 bits per heavy atom. The third-order valence-electron chi connectivity index (χ3n) is 4.38. The minimum atomic E-state index is -0.986. The van der Waals surface area contributed by atoms with Crippen LogP contribution in [0.4, 0.5) is 0 Å². The molecule has 3 aromatic rings. The lowest BCUT2D eigenvalue weighted by Crippen LogP contribution is -2.23. The monoisotopic (exact) mass is 335 g/mol. The van der Waals surface area contributed by atoms with E-state index in [0.29, 0.717) is 12.2 Å². The van der Waals surface area contributed by atoms with Gasteiger partial charge in [-0.25, -0.2) is 4.79 Å². The smallest absolute Gasteiger partial charge is 0.344 e. The van der Waals surface area contributed by atoms with E-state index in [-0.39, 0.29) is 0 Å². The molecule has 0 aliphatic rings. The number of rotatable bonds is 6. The van der Waals surface area contributed by atoms with Crippen molar-refractivity contribution in [3.63, 3.8) is 0 Å². The van der Waals surface area contributed by atoms with Crippen molar-refractivity contribution in [2.75, 3.05) is 0 Å². The van der Waals surface area contributed by atoms with Gasteiger partial charge in [-0.2, -0.15) is 0 Å². The van der Waals surface area contributed by atoms with Crippen LogP contribution in [0.3, 0.4) is 0 Å². The van der Waals surface area contributed by atoms with Crippen molar-refractivity contribution in [2.24, 2.45) is 0 Å². The SMILES string of the molecule is CCc1ccc(Cc2cnccc2OC(C)C(=O)O)c2ccccc12. The molecule has 4 nitrogen and oxygen atoms in total. The average Bonchev–Trinajstić information content (AvgIpc) is 2.63. The zero-order chi connectivity index (χ0) is 17.8. The van der Waals surface area contributed by atoms with E-state index in [2.05, 4.69) is 42.2 Å². The summed E-state index contributed by atoms with van der Waals surface area (Å²) in [5, 5.41) is 11.6. The van der Waals surface area contributed by atoms with Gasteiger partial charge in [-0.3, -0.25) is 4.98 Å². The van der Waals surface area contributed by atoms with Crippen molar-refractivity contribution < 1.29 is 14.6 Å². The molecule has 4 heteroatoms. The number of pyridine rings is 1. The van der Waals surface area contributed by atoms with E-state index in [4.69, 9.17) is 9.84 Å². The Balaban J connectivity index is 1.99. The number of carbonyl (C=O) groups is 1. The Bertz CT molecular complexity index is 905. The van der Waals surface area contributed by atoms with Gasteiger partial charge >= 0.3 is 5.97 Å². The molecule has 1 unspecified atom stereocenters. The molecule has 0 saturated heterocycles. The zero-order valence-corrected chi connectivity index (χ0v) is 14.4. The van der Waals surface area contributed by atoms with Gasteiger partial charge in [-0.1, -0.05) is 43.3 Å². The topological polar surface area (TPSA) is 59.4 Å². The third-order valence-corrected chi connectivity index (χ3v) is 4.38. The fraction of sp³-hybridized carbons (Fsp3) is 0.238. The summed E-state index contributed by atoms with van der Waals surface area (Å²) in [4.78, 5) is 15.3. The Kier molecular flexibility index (Phi) is 4.98. The van der Waals surface area contributed by atoms with Crippen molar-refractivity contribution in [3.05, 3.63) is 71.5 Å². The number of carboxylic acids is 1. The first-order valence-electron chi connectivity index (χ1n) is 8.42. The summed E-state index contributed by atoms with van der Waals surface area (Å²) in [7, 11) is 0. The van der Waals surface area contributed by atoms with Crippen molar-refractivity contribution in [1.82, 2.24) is 4.98 Å². The normalized spacial score (nSPS) is 12.1. The number of aromatic nitrogens is 1. The van der Waals surface area contributed by atoms with Gasteiger partial charge in [0.15, 0.2) is 6.10 Å². The maximum Gasteiger partial charge on any atom is 0.344 e. The lowest BCUT2D eigenvalue weighted by molar-refractivity contribution is -0.144. The summed E-state index contributed by atoms with van der Waals surface area (Å²) in [6.07, 6.45) is 4.08. The van der Waals surface area contributed by atoms with Crippen molar-refractivity contribution in [2.45, 2.75) is 32.8 Å².